The number of ether oxygens (including phenoxy) is 2. The summed E-state index contributed by atoms with van der Waals surface area (Å²) in [5.41, 5.74) is 5.42. The maximum Gasteiger partial charge on any atom is 0.282 e. The van der Waals surface area contributed by atoms with Gasteiger partial charge in [0.2, 0.25) is 0 Å². The Bertz CT molecular complexity index is 187. The third kappa shape index (κ3) is 1.53. The first-order chi connectivity index (χ1) is 5.86. The minimum atomic E-state index is 0.172. The highest BCUT2D eigenvalue weighted by Crippen LogP contribution is 2.22. The van der Waals surface area contributed by atoms with E-state index in [1.54, 1.807) is 0 Å². The van der Waals surface area contributed by atoms with Crippen molar-refractivity contribution in [1.82, 2.24) is 0 Å². The van der Waals surface area contributed by atoms with Crippen LogP contribution in [0.25, 0.3) is 0 Å². The number of nitrogens with two attached hydrogens (primary N) is 1. The van der Waals surface area contributed by atoms with Crippen molar-refractivity contribution in [3.63, 3.8) is 0 Å². The maximum absolute atomic E-state index is 5.42. The van der Waals surface area contributed by atoms with Crippen LogP contribution in [0, 0.1) is 5.92 Å². The zero-order chi connectivity index (χ0) is 8.39. The number of amidine groups is 1. The molecule has 1 saturated heterocycles. The second kappa shape index (κ2) is 3.31. The molecule has 0 aliphatic carbocycles. The van der Waals surface area contributed by atoms with E-state index in [4.69, 9.17) is 15.2 Å². The number of nitrogens with zero attached hydrogens (tertiary/aromatic N) is 1. The highest BCUT2D eigenvalue weighted by Gasteiger charge is 2.29. The number of hydrogen-bond donors (Lipinski definition) is 1. The number of hydrogen-bond acceptors (Lipinski definition) is 4. The maximum atomic E-state index is 5.42. The van der Waals surface area contributed by atoms with Crippen molar-refractivity contribution in [1.29, 1.82) is 0 Å². The Kier molecular flexibility index (Phi) is 2.17. The zero-order valence-corrected chi connectivity index (χ0v) is 7.03. The summed E-state index contributed by atoms with van der Waals surface area (Å²) in [5, 5.41) is 0. The zero-order valence-electron chi connectivity index (χ0n) is 7.03. The standard InChI is InChI=1S/C8H14N2O2/c9-8-10-4-7(12-8)6-2-1-3-11-5-6/h6-7H,1-5H2,(H2,9,10). The molecule has 0 bridgehead atoms. The predicted octanol–water partition coefficient (Wildman–Crippen LogP) is 0.126. The molecule has 0 saturated carbocycles. The van der Waals surface area contributed by atoms with Crippen LogP contribution < -0.4 is 5.73 Å². The monoisotopic (exact) mass is 170 g/mol. The molecule has 2 N–H and O–H groups in total. The van der Waals surface area contributed by atoms with Crippen LogP contribution in [0.2, 0.25) is 0 Å². The van der Waals surface area contributed by atoms with E-state index in [0.717, 1.165) is 19.6 Å². The molecular weight excluding hydrogens is 156 g/mol. The van der Waals surface area contributed by atoms with E-state index in [1.165, 1.54) is 6.42 Å². The molecule has 2 rings (SSSR count). The fraction of sp³-hybridized carbons (Fsp3) is 0.875. The van der Waals surface area contributed by atoms with Gasteiger partial charge in [0.25, 0.3) is 6.02 Å². The third-order valence-corrected chi connectivity index (χ3v) is 2.42. The normalized spacial score (nSPS) is 35.8. The largest absolute Gasteiger partial charge is 0.460 e. The van der Waals surface area contributed by atoms with Gasteiger partial charge < -0.3 is 15.2 Å². The van der Waals surface area contributed by atoms with Gasteiger partial charge in [-0.3, -0.25) is 0 Å². The number of rotatable bonds is 1. The van der Waals surface area contributed by atoms with Gasteiger partial charge in [0.15, 0.2) is 0 Å². The summed E-state index contributed by atoms with van der Waals surface area (Å²) >= 11 is 0. The lowest BCUT2D eigenvalue weighted by atomic mass is 9.96. The molecule has 0 aromatic carbocycles. The second-order valence-electron chi connectivity index (χ2n) is 3.31. The van der Waals surface area contributed by atoms with Crippen LogP contribution in [0.4, 0.5) is 0 Å². The minimum absolute atomic E-state index is 0.172. The van der Waals surface area contributed by atoms with Crippen LogP contribution in [0.3, 0.4) is 0 Å². The van der Waals surface area contributed by atoms with Crippen molar-refractivity contribution in [3.05, 3.63) is 0 Å². The average Bonchev–Trinajstić information content (AvgIpc) is 2.54. The highest BCUT2D eigenvalue weighted by molar-refractivity contribution is 5.73. The first kappa shape index (κ1) is 7.86. The molecule has 0 aromatic rings. The Labute approximate surface area is 71.7 Å². The van der Waals surface area contributed by atoms with Gasteiger partial charge in [-0.25, -0.2) is 4.99 Å². The Balaban J connectivity index is 1.85. The van der Waals surface area contributed by atoms with Crippen LogP contribution in [0.5, 0.6) is 0 Å². The van der Waals surface area contributed by atoms with Gasteiger partial charge in [-0.05, 0) is 12.8 Å². The molecule has 2 aliphatic heterocycles. The lowest BCUT2D eigenvalue weighted by Crippen LogP contribution is -2.32. The molecule has 4 nitrogen and oxygen atoms in total. The summed E-state index contributed by atoms with van der Waals surface area (Å²) in [6.45, 7) is 2.40. The Morgan fingerprint density at radius 2 is 2.42 bits per heavy atom. The Morgan fingerprint density at radius 1 is 1.50 bits per heavy atom. The first-order valence-electron chi connectivity index (χ1n) is 4.40. The van der Waals surface area contributed by atoms with Crippen LogP contribution >= 0.6 is 0 Å². The average molecular weight is 170 g/mol. The van der Waals surface area contributed by atoms with Crippen molar-refractivity contribution in [3.8, 4) is 0 Å². The van der Waals surface area contributed by atoms with Gasteiger partial charge in [-0.15, -0.1) is 0 Å². The molecule has 4 heteroatoms. The molecule has 1 fully saturated rings. The van der Waals surface area contributed by atoms with Gasteiger partial charge in [-0.1, -0.05) is 0 Å². The summed E-state index contributed by atoms with van der Waals surface area (Å²) in [6, 6.07) is 0.338. The van der Waals surface area contributed by atoms with E-state index in [2.05, 4.69) is 4.99 Å². The number of aliphatic imine (C=N–C) groups is 1. The quantitative estimate of drug-likeness (QED) is 0.608. The fourth-order valence-corrected chi connectivity index (χ4v) is 1.71. The lowest BCUT2D eigenvalue weighted by molar-refractivity contribution is 0.00586. The van der Waals surface area contributed by atoms with Crippen molar-refractivity contribution < 1.29 is 9.47 Å². The Morgan fingerprint density at radius 3 is 3.00 bits per heavy atom. The minimum Gasteiger partial charge on any atom is -0.460 e. The van der Waals surface area contributed by atoms with Gasteiger partial charge >= 0.3 is 0 Å². The van der Waals surface area contributed by atoms with Crippen molar-refractivity contribution in [2.75, 3.05) is 19.8 Å². The molecule has 68 valence electrons. The van der Waals surface area contributed by atoms with E-state index in [9.17, 15) is 0 Å². The summed E-state index contributed by atoms with van der Waals surface area (Å²) in [6.07, 6.45) is 2.48. The molecule has 0 amide bonds. The molecule has 12 heavy (non-hydrogen) atoms. The molecule has 2 aliphatic rings. The predicted molar refractivity (Wildman–Crippen MR) is 44.9 cm³/mol. The molecule has 0 spiro atoms. The fourth-order valence-electron chi connectivity index (χ4n) is 1.71. The van der Waals surface area contributed by atoms with Crippen LogP contribution in [0.1, 0.15) is 12.8 Å². The molecule has 2 heterocycles. The summed E-state index contributed by atoms with van der Waals surface area (Å²) in [4.78, 5) is 4.01. The van der Waals surface area contributed by atoms with Gasteiger partial charge in [-0.2, -0.15) is 0 Å². The van der Waals surface area contributed by atoms with Crippen LogP contribution in [0.15, 0.2) is 4.99 Å². The van der Waals surface area contributed by atoms with Gasteiger partial charge in [0.05, 0.1) is 13.2 Å². The smallest absolute Gasteiger partial charge is 0.282 e. The van der Waals surface area contributed by atoms with Gasteiger partial charge in [0, 0.05) is 12.5 Å². The van der Waals surface area contributed by atoms with E-state index in [-0.39, 0.29) is 6.10 Å². The van der Waals surface area contributed by atoms with Gasteiger partial charge in [0.1, 0.15) is 6.10 Å². The first-order valence-corrected chi connectivity index (χ1v) is 4.40. The summed E-state index contributed by atoms with van der Waals surface area (Å²) in [5.74, 6) is 0.489. The van der Waals surface area contributed by atoms with E-state index < -0.39 is 0 Å². The molecular formula is C8H14N2O2. The topological polar surface area (TPSA) is 56.8 Å². The van der Waals surface area contributed by atoms with Crippen molar-refractivity contribution in [2.24, 2.45) is 16.6 Å². The van der Waals surface area contributed by atoms with Crippen LogP contribution in [-0.4, -0.2) is 31.9 Å². The van der Waals surface area contributed by atoms with E-state index in [1.807, 2.05) is 0 Å². The van der Waals surface area contributed by atoms with Crippen LogP contribution in [-0.2, 0) is 9.47 Å². The van der Waals surface area contributed by atoms with Crippen molar-refractivity contribution >= 4 is 6.02 Å². The molecule has 2 unspecified atom stereocenters. The molecule has 2 atom stereocenters. The summed E-state index contributed by atoms with van der Waals surface area (Å²) in [7, 11) is 0. The Hall–Kier alpha value is -0.770. The van der Waals surface area contributed by atoms with E-state index >= 15 is 0 Å². The third-order valence-electron chi connectivity index (χ3n) is 2.42. The molecule has 0 aromatic heterocycles. The summed E-state index contributed by atoms with van der Waals surface area (Å²) < 4.78 is 10.7. The van der Waals surface area contributed by atoms with E-state index in [0.29, 0.717) is 18.5 Å². The highest BCUT2D eigenvalue weighted by atomic mass is 16.5. The second-order valence-corrected chi connectivity index (χ2v) is 3.31. The molecule has 0 radical (unpaired) electrons. The lowest BCUT2D eigenvalue weighted by Gasteiger charge is -2.26. The van der Waals surface area contributed by atoms with Crippen molar-refractivity contribution in [2.45, 2.75) is 18.9 Å². The SMILES string of the molecule is NC1=NCC(C2CCCOC2)O1.